The van der Waals surface area contributed by atoms with Crippen molar-refractivity contribution >= 4 is 0 Å². The molecule has 0 spiro atoms. The van der Waals surface area contributed by atoms with Crippen molar-refractivity contribution in [1.29, 1.82) is 0 Å². The maximum Gasteiger partial charge on any atom is 0.0570 e. The standard InChI is InChI=1S/C9H18O/c1-7(2)8-5-3-4-6-9(8)10/h7-10H,3-6H2,1-2H3/t8-,9+/m1/s1. The molecule has 2 atom stereocenters. The van der Waals surface area contributed by atoms with E-state index in [1.165, 1.54) is 19.3 Å². The monoisotopic (exact) mass is 142 g/mol. The molecule has 1 heteroatoms. The van der Waals surface area contributed by atoms with E-state index < -0.39 is 0 Å². The predicted octanol–water partition coefficient (Wildman–Crippen LogP) is 2.19. The molecule has 0 bridgehead atoms. The van der Waals surface area contributed by atoms with E-state index in [2.05, 4.69) is 13.8 Å². The highest BCUT2D eigenvalue weighted by Gasteiger charge is 2.24. The molecule has 1 nitrogen and oxygen atoms in total. The predicted molar refractivity (Wildman–Crippen MR) is 42.8 cm³/mol. The molecule has 10 heavy (non-hydrogen) atoms. The van der Waals surface area contributed by atoms with Gasteiger partial charge < -0.3 is 5.11 Å². The van der Waals surface area contributed by atoms with Crippen molar-refractivity contribution in [3.05, 3.63) is 0 Å². The van der Waals surface area contributed by atoms with Crippen LogP contribution >= 0.6 is 0 Å². The summed E-state index contributed by atoms with van der Waals surface area (Å²) < 4.78 is 0. The van der Waals surface area contributed by atoms with Crippen LogP contribution in [0.25, 0.3) is 0 Å². The fourth-order valence-corrected chi connectivity index (χ4v) is 1.92. The van der Waals surface area contributed by atoms with Gasteiger partial charge in [0.2, 0.25) is 0 Å². The van der Waals surface area contributed by atoms with Crippen molar-refractivity contribution in [2.75, 3.05) is 0 Å². The van der Waals surface area contributed by atoms with Gasteiger partial charge in [-0.25, -0.2) is 0 Å². The quantitative estimate of drug-likeness (QED) is 0.595. The Bertz CT molecular complexity index is 98.9. The second kappa shape index (κ2) is 3.38. The van der Waals surface area contributed by atoms with E-state index in [9.17, 15) is 5.11 Å². The Labute approximate surface area is 63.4 Å². The molecule has 0 heterocycles. The topological polar surface area (TPSA) is 20.2 Å². The average molecular weight is 142 g/mol. The maximum absolute atomic E-state index is 9.54. The molecule has 1 N–H and O–H groups in total. The van der Waals surface area contributed by atoms with Gasteiger partial charge in [0.25, 0.3) is 0 Å². The molecule has 0 saturated heterocycles. The van der Waals surface area contributed by atoms with Crippen molar-refractivity contribution in [2.24, 2.45) is 11.8 Å². The second-order valence-corrected chi connectivity index (χ2v) is 3.76. The Morgan fingerprint density at radius 3 is 2.20 bits per heavy atom. The molecule has 0 unspecified atom stereocenters. The molecule has 60 valence electrons. The Kier molecular flexibility index (Phi) is 2.72. The minimum atomic E-state index is -0.00579. The SMILES string of the molecule is CC(C)[C@H]1CCCC[C@@H]1O. The molecule has 1 rings (SSSR count). The third kappa shape index (κ3) is 1.72. The summed E-state index contributed by atoms with van der Waals surface area (Å²) in [5, 5.41) is 9.54. The lowest BCUT2D eigenvalue weighted by Gasteiger charge is -2.30. The van der Waals surface area contributed by atoms with E-state index in [-0.39, 0.29) is 6.10 Å². The lowest BCUT2D eigenvalue weighted by Crippen LogP contribution is -2.28. The number of aliphatic hydroxyl groups is 1. The Hall–Kier alpha value is -0.0400. The van der Waals surface area contributed by atoms with E-state index in [1.54, 1.807) is 0 Å². The van der Waals surface area contributed by atoms with Crippen LogP contribution in [0.15, 0.2) is 0 Å². The highest BCUT2D eigenvalue weighted by Crippen LogP contribution is 2.29. The summed E-state index contributed by atoms with van der Waals surface area (Å²) in [5.74, 6) is 1.24. The van der Waals surface area contributed by atoms with Gasteiger partial charge in [0, 0.05) is 0 Å². The average Bonchev–Trinajstić information content (AvgIpc) is 1.88. The van der Waals surface area contributed by atoms with Crippen molar-refractivity contribution in [2.45, 2.75) is 45.6 Å². The smallest absolute Gasteiger partial charge is 0.0570 e. The van der Waals surface area contributed by atoms with Crippen LogP contribution < -0.4 is 0 Å². The minimum absolute atomic E-state index is 0.00579. The van der Waals surface area contributed by atoms with Crippen molar-refractivity contribution < 1.29 is 5.11 Å². The first kappa shape index (κ1) is 8.06. The molecule has 1 aliphatic rings. The summed E-state index contributed by atoms with van der Waals surface area (Å²) in [7, 11) is 0. The summed E-state index contributed by atoms with van der Waals surface area (Å²) in [6, 6.07) is 0. The van der Waals surface area contributed by atoms with Gasteiger partial charge in [-0.3, -0.25) is 0 Å². The summed E-state index contributed by atoms with van der Waals surface area (Å²) >= 11 is 0. The van der Waals surface area contributed by atoms with Crippen LogP contribution in [0.3, 0.4) is 0 Å². The first-order valence-electron chi connectivity index (χ1n) is 4.40. The molecule has 0 aromatic rings. The van der Waals surface area contributed by atoms with Gasteiger partial charge in [0.05, 0.1) is 6.10 Å². The van der Waals surface area contributed by atoms with Crippen LogP contribution in [0.5, 0.6) is 0 Å². The van der Waals surface area contributed by atoms with Crippen molar-refractivity contribution in [1.82, 2.24) is 0 Å². The highest BCUT2D eigenvalue weighted by molar-refractivity contribution is 4.76. The zero-order valence-electron chi connectivity index (χ0n) is 7.01. The Morgan fingerprint density at radius 1 is 1.20 bits per heavy atom. The van der Waals surface area contributed by atoms with Crippen LogP contribution in [0.1, 0.15) is 39.5 Å². The van der Waals surface area contributed by atoms with Crippen LogP contribution in [0.4, 0.5) is 0 Å². The molecule has 0 aromatic heterocycles. The lowest BCUT2D eigenvalue weighted by atomic mass is 9.79. The van der Waals surface area contributed by atoms with Gasteiger partial charge in [-0.1, -0.05) is 26.7 Å². The van der Waals surface area contributed by atoms with Crippen LogP contribution in [0.2, 0.25) is 0 Å². The van der Waals surface area contributed by atoms with Gasteiger partial charge in [-0.2, -0.15) is 0 Å². The number of hydrogen-bond donors (Lipinski definition) is 1. The molecule has 0 radical (unpaired) electrons. The molecule has 0 amide bonds. The molecule has 1 fully saturated rings. The fourth-order valence-electron chi connectivity index (χ4n) is 1.92. The number of hydrogen-bond acceptors (Lipinski definition) is 1. The zero-order valence-corrected chi connectivity index (χ0v) is 7.01. The third-order valence-corrected chi connectivity index (χ3v) is 2.64. The van der Waals surface area contributed by atoms with Gasteiger partial charge in [-0.05, 0) is 24.7 Å². The second-order valence-electron chi connectivity index (χ2n) is 3.76. The molecule has 0 aromatic carbocycles. The van der Waals surface area contributed by atoms with E-state index >= 15 is 0 Å². The Balaban J connectivity index is 2.40. The Morgan fingerprint density at radius 2 is 1.80 bits per heavy atom. The van der Waals surface area contributed by atoms with Crippen molar-refractivity contribution in [3.8, 4) is 0 Å². The number of rotatable bonds is 1. The van der Waals surface area contributed by atoms with Gasteiger partial charge in [0.1, 0.15) is 0 Å². The summed E-state index contributed by atoms with van der Waals surface area (Å²) in [6.45, 7) is 4.42. The normalized spacial score (nSPS) is 34.8. The van der Waals surface area contributed by atoms with Crippen LogP contribution in [-0.4, -0.2) is 11.2 Å². The molecular formula is C9H18O. The maximum atomic E-state index is 9.54. The first-order valence-corrected chi connectivity index (χ1v) is 4.40. The minimum Gasteiger partial charge on any atom is -0.393 e. The van der Waals surface area contributed by atoms with E-state index in [1.807, 2.05) is 0 Å². The lowest BCUT2D eigenvalue weighted by molar-refractivity contribution is 0.0456. The van der Waals surface area contributed by atoms with Gasteiger partial charge in [-0.15, -0.1) is 0 Å². The fraction of sp³-hybridized carbons (Fsp3) is 1.00. The van der Waals surface area contributed by atoms with E-state index in [0.717, 1.165) is 6.42 Å². The van der Waals surface area contributed by atoms with E-state index in [0.29, 0.717) is 11.8 Å². The summed E-state index contributed by atoms with van der Waals surface area (Å²) in [5.41, 5.74) is 0. The number of aliphatic hydroxyl groups excluding tert-OH is 1. The first-order chi connectivity index (χ1) is 4.72. The molecular weight excluding hydrogens is 124 g/mol. The zero-order chi connectivity index (χ0) is 7.56. The molecule has 0 aliphatic heterocycles. The molecule has 1 saturated carbocycles. The highest BCUT2D eigenvalue weighted by atomic mass is 16.3. The largest absolute Gasteiger partial charge is 0.393 e. The molecule has 1 aliphatic carbocycles. The van der Waals surface area contributed by atoms with Gasteiger partial charge in [0.15, 0.2) is 0 Å². The summed E-state index contributed by atoms with van der Waals surface area (Å²) in [4.78, 5) is 0. The summed E-state index contributed by atoms with van der Waals surface area (Å²) in [6.07, 6.45) is 4.81. The van der Waals surface area contributed by atoms with Crippen LogP contribution in [-0.2, 0) is 0 Å². The van der Waals surface area contributed by atoms with Crippen LogP contribution in [0, 0.1) is 11.8 Å². The van der Waals surface area contributed by atoms with Crippen molar-refractivity contribution in [3.63, 3.8) is 0 Å². The van der Waals surface area contributed by atoms with Gasteiger partial charge >= 0.3 is 0 Å². The third-order valence-electron chi connectivity index (χ3n) is 2.64. The van der Waals surface area contributed by atoms with E-state index in [4.69, 9.17) is 0 Å².